The molecule has 2 rings (SSSR count). The van der Waals surface area contributed by atoms with Gasteiger partial charge in [-0.3, -0.25) is 4.79 Å². The van der Waals surface area contributed by atoms with Gasteiger partial charge in [-0.2, -0.15) is 0 Å². The van der Waals surface area contributed by atoms with E-state index in [2.05, 4.69) is 22.1 Å². The predicted molar refractivity (Wildman–Crippen MR) is 77.9 cm³/mol. The van der Waals surface area contributed by atoms with Gasteiger partial charge in [0, 0.05) is 24.2 Å². The van der Waals surface area contributed by atoms with Crippen molar-refractivity contribution in [2.45, 2.75) is 6.92 Å². The number of amides is 1. The number of hydrogen-bond donors (Lipinski definition) is 1. The van der Waals surface area contributed by atoms with Gasteiger partial charge in [0.1, 0.15) is 5.56 Å². The second-order valence-corrected chi connectivity index (χ2v) is 4.13. The first-order valence-corrected chi connectivity index (χ1v) is 6.03. The van der Waals surface area contributed by atoms with E-state index in [1.807, 2.05) is 18.2 Å². The maximum Gasteiger partial charge on any atom is 0.400 e. The van der Waals surface area contributed by atoms with Gasteiger partial charge in [-0.25, -0.2) is 0 Å². The van der Waals surface area contributed by atoms with Crippen molar-refractivity contribution in [2.75, 3.05) is 5.32 Å². The summed E-state index contributed by atoms with van der Waals surface area (Å²) in [6.45, 7) is 1.46. The fourth-order valence-electron chi connectivity index (χ4n) is 1.65. The van der Waals surface area contributed by atoms with Crippen LogP contribution in [0.5, 0.6) is 0 Å². The number of nitrogens with zero attached hydrogens (tertiary/aromatic N) is 2. The smallest absolute Gasteiger partial charge is 0.326 e. The average molecular weight is 262 g/mol. The van der Waals surface area contributed by atoms with E-state index in [0.29, 0.717) is 11.3 Å². The second kappa shape index (κ2) is 6.17. The molecule has 0 atom stereocenters. The van der Waals surface area contributed by atoms with E-state index in [1.54, 1.807) is 30.3 Å². The Kier molecular flexibility index (Phi) is 4.11. The molecule has 0 aliphatic heterocycles. The molecule has 0 unspecified atom stereocenters. The fourth-order valence-corrected chi connectivity index (χ4v) is 1.65. The molecule has 2 aromatic rings. The molecule has 4 heteroatoms. The topological polar surface area (TPSA) is 57.2 Å². The Morgan fingerprint density at radius 2 is 1.80 bits per heavy atom. The highest BCUT2D eigenvalue weighted by Crippen LogP contribution is 2.17. The summed E-state index contributed by atoms with van der Waals surface area (Å²) in [5, 5.41) is 11.5. The van der Waals surface area contributed by atoms with Gasteiger partial charge in [0.05, 0.1) is 0 Å². The summed E-state index contributed by atoms with van der Waals surface area (Å²) in [5.74, 6) is 5.82. The van der Waals surface area contributed by atoms with Crippen LogP contribution in [0.1, 0.15) is 18.1 Å². The van der Waals surface area contributed by atoms with Crippen LogP contribution >= 0.6 is 0 Å². The van der Waals surface area contributed by atoms with Gasteiger partial charge < -0.3 is 5.32 Å². The number of hydrogen-bond acceptors (Lipinski definition) is 2. The van der Waals surface area contributed by atoms with E-state index in [-0.39, 0.29) is 5.91 Å². The predicted octanol–water partition coefficient (Wildman–Crippen LogP) is 3.53. The van der Waals surface area contributed by atoms with Crippen molar-refractivity contribution in [3.63, 3.8) is 0 Å². The molecule has 0 aromatic heterocycles. The molecule has 0 spiro atoms. The van der Waals surface area contributed by atoms with E-state index in [9.17, 15) is 4.79 Å². The number of benzene rings is 2. The fraction of sp³-hybridized carbons (Fsp3) is 0.0625. The average Bonchev–Trinajstić information content (AvgIpc) is 2.46. The lowest BCUT2D eigenvalue weighted by molar-refractivity contribution is -0.114. The molecule has 1 amide bonds. The number of rotatable bonds is 1. The van der Waals surface area contributed by atoms with Gasteiger partial charge in [0.15, 0.2) is 4.98 Å². The lowest BCUT2D eigenvalue weighted by Gasteiger charge is -2.00. The van der Waals surface area contributed by atoms with Gasteiger partial charge in [-0.05, 0) is 30.3 Å². The molecule has 0 aliphatic rings. The minimum Gasteiger partial charge on any atom is -0.326 e. The maximum absolute atomic E-state index is 10.9. The molecule has 0 aliphatic carbocycles. The zero-order valence-electron chi connectivity index (χ0n) is 10.9. The zero-order chi connectivity index (χ0) is 14.4. The minimum absolute atomic E-state index is 0.109. The summed E-state index contributed by atoms with van der Waals surface area (Å²) >= 11 is 0. The van der Waals surface area contributed by atoms with E-state index < -0.39 is 0 Å². The van der Waals surface area contributed by atoms with Gasteiger partial charge >= 0.3 is 5.69 Å². The number of nitrogens with one attached hydrogen (secondary N) is 1. The molecule has 1 N–H and O–H groups in total. The van der Waals surface area contributed by atoms with Gasteiger partial charge in [0.2, 0.25) is 11.3 Å². The monoisotopic (exact) mass is 262 g/mol. The molecule has 20 heavy (non-hydrogen) atoms. The summed E-state index contributed by atoms with van der Waals surface area (Å²) in [6, 6.07) is 14.3. The normalized spacial score (nSPS) is 9.00. The van der Waals surface area contributed by atoms with Crippen molar-refractivity contribution in [1.82, 2.24) is 0 Å². The van der Waals surface area contributed by atoms with Crippen LogP contribution in [0.25, 0.3) is 4.98 Å². The third-order valence-corrected chi connectivity index (χ3v) is 2.56. The van der Waals surface area contributed by atoms with Crippen molar-refractivity contribution in [1.29, 1.82) is 5.39 Å². The molecule has 4 nitrogen and oxygen atoms in total. The molecular formula is C16H12N3O+. The van der Waals surface area contributed by atoms with Crippen molar-refractivity contribution in [3.8, 4) is 11.8 Å². The highest BCUT2D eigenvalue weighted by molar-refractivity contribution is 5.88. The summed E-state index contributed by atoms with van der Waals surface area (Å²) < 4.78 is 0. The lowest BCUT2D eigenvalue weighted by Crippen LogP contribution is -2.05. The molecule has 0 bridgehead atoms. The van der Waals surface area contributed by atoms with Crippen LogP contribution in [0.2, 0.25) is 0 Å². The third-order valence-electron chi connectivity index (χ3n) is 2.56. The van der Waals surface area contributed by atoms with Crippen molar-refractivity contribution < 1.29 is 4.79 Å². The molecule has 0 heterocycles. The first-order valence-electron chi connectivity index (χ1n) is 6.03. The Bertz CT molecular complexity index is 731. The van der Waals surface area contributed by atoms with Crippen LogP contribution in [0.3, 0.4) is 0 Å². The molecular weight excluding hydrogens is 250 g/mol. The van der Waals surface area contributed by atoms with E-state index >= 15 is 0 Å². The van der Waals surface area contributed by atoms with Crippen LogP contribution in [0.4, 0.5) is 11.4 Å². The number of carbonyl (C=O) groups is 1. The Morgan fingerprint density at radius 1 is 1.10 bits per heavy atom. The first-order chi connectivity index (χ1) is 9.69. The van der Waals surface area contributed by atoms with Gasteiger partial charge in [0.25, 0.3) is 0 Å². The molecule has 0 fully saturated rings. The van der Waals surface area contributed by atoms with Crippen molar-refractivity contribution in [3.05, 3.63) is 64.6 Å². The third kappa shape index (κ3) is 3.44. The van der Waals surface area contributed by atoms with Crippen molar-refractivity contribution in [2.24, 2.45) is 0 Å². The van der Waals surface area contributed by atoms with Gasteiger partial charge in [-0.1, -0.05) is 24.0 Å². The highest BCUT2D eigenvalue weighted by atomic mass is 16.1. The Balaban J connectivity index is 2.21. The van der Waals surface area contributed by atoms with Crippen LogP contribution in [0, 0.1) is 17.2 Å². The number of diazo groups is 1. The number of anilines is 1. The molecule has 0 saturated carbocycles. The van der Waals surface area contributed by atoms with Crippen molar-refractivity contribution >= 4 is 17.3 Å². The highest BCUT2D eigenvalue weighted by Gasteiger charge is 2.08. The quantitative estimate of drug-likeness (QED) is 0.631. The Morgan fingerprint density at radius 3 is 2.45 bits per heavy atom. The SMILES string of the molecule is CC(=O)Nc1ccc(C#Cc2ccccc2[N+]#N)cc1. The van der Waals surface area contributed by atoms with Crippen LogP contribution in [-0.4, -0.2) is 5.91 Å². The summed E-state index contributed by atoms with van der Waals surface area (Å²) in [7, 11) is 0. The zero-order valence-corrected chi connectivity index (χ0v) is 10.9. The van der Waals surface area contributed by atoms with Crippen LogP contribution in [-0.2, 0) is 4.79 Å². The maximum atomic E-state index is 10.9. The Hall–Kier alpha value is -3.11. The van der Waals surface area contributed by atoms with E-state index in [4.69, 9.17) is 5.39 Å². The molecule has 96 valence electrons. The Labute approximate surface area is 117 Å². The van der Waals surface area contributed by atoms with E-state index in [1.165, 1.54) is 6.92 Å². The minimum atomic E-state index is -0.109. The molecule has 0 saturated heterocycles. The first kappa shape index (κ1) is 13.3. The van der Waals surface area contributed by atoms with Crippen LogP contribution in [0.15, 0.2) is 48.5 Å². The number of carbonyl (C=O) groups excluding carboxylic acids is 1. The standard InChI is InChI=1S/C16H11N3O/c1-12(20)18-15-10-7-13(8-11-15)6-9-14-4-2-3-5-16(14)19-17/h2-5,7-8,10-11H,1H3/p+1. The van der Waals surface area contributed by atoms with Crippen LogP contribution < -0.4 is 5.32 Å². The lowest BCUT2D eigenvalue weighted by atomic mass is 10.1. The van der Waals surface area contributed by atoms with E-state index in [0.717, 1.165) is 11.3 Å². The van der Waals surface area contributed by atoms with Gasteiger partial charge in [-0.15, -0.1) is 0 Å². The largest absolute Gasteiger partial charge is 0.400 e. The second-order valence-electron chi connectivity index (χ2n) is 4.13. The molecule has 0 radical (unpaired) electrons. The summed E-state index contributed by atoms with van der Waals surface area (Å²) in [4.78, 5) is 14.1. The summed E-state index contributed by atoms with van der Waals surface area (Å²) in [5.41, 5.74) is 2.64. The molecule has 2 aromatic carbocycles. The summed E-state index contributed by atoms with van der Waals surface area (Å²) in [6.07, 6.45) is 0.